The predicted octanol–water partition coefficient (Wildman–Crippen LogP) is 6.22. The second kappa shape index (κ2) is 11.8. The Balaban J connectivity index is 1.45. The van der Waals surface area contributed by atoms with Gasteiger partial charge in [0.15, 0.2) is 16.6 Å². The van der Waals surface area contributed by atoms with Gasteiger partial charge in [0.05, 0.1) is 31.4 Å². The van der Waals surface area contributed by atoms with Crippen molar-refractivity contribution in [3.63, 3.8) is 0 Å². The lowest BCUT2D eigenvalue weighted by Gasteiger charge is -2.14. The zero-order valence-electron chi connectivity index (χ0n) is 20.3. The molecule has 0 aliphatic rings. The Morgan fingerprint density at radius 2 is 1.68 bits per heavy atom. The average molecular weight is 538 g/mol. The first kappa shape index (κ1) is 26.0. The van der Waals surface area contributed by atoms with Crippen LogP contribution in [0.5, 0.6) is 28.7 Å². The van der Waals surface area contributed by atoms with E-state index >= 15 is 0 Å². The highest BCUT2D eigenvalue weighted by molar-refractivity contribution is 7.80. The van der Waals surface area contributed by atoms with Gasteiger partial charge < -0.3 is 24.3 Å². The van der Waals surface area contributed by atoms with Crippen LogP contribution in [0.25, 0.3) is 10.9 Å². The summed E-state index contributed by atoms with van der Waals surface area (Å²) in [5.41, 5.74) is 1.71. The molecule has 2 N–H and O–H groups in total. The highest BCUT2D eigenvalue weighted by atomic mass is 35.5. The van der Waals surface area contributed by atoms with Crippen molar-refractivity contribution in [1.82, 2.24) is 10.3 Å². The highest BCUT2D eigenvalue weighted by Gasteiger charge is 2.14. The van der Waals surface area contributed by atoms with Crippen LogP contribution < -0.4 is 29.6 Å². The molecular formula is C27H24ClN3O5S. The summed E-state index contributed by atoms with van der Waals surface area (Å²) in [6.45, 7) is 2.45. The van der Waals surface area contributed by atoms with Crippen molar-refractivity contribution in [2.75, 3.05) is 26.1 Å². The van der Waals surface area contributed by atoms with Gasteiger partial charge in [-0.15, -0.1) is 0 Å². The van der Waals surface area contributed by atoms with Gasteiger partial charge in [-0.05, 0) is 73.7 Å². The quantitative estimate of drug-likeness (QED) is 0.256. The molecule has 0 saturated heterocycles. The number of fused-ring (bicyclic) bond motifs is 1. The fourth-order valence-electron chi connectivity index (χ4n) is 3.52. The number of benzene rings is 3. The largest absolute Gasteiger partial charge is 0.494 e. The van der Waals surface area contributed by atoms with Crippen LogP contribution in [-0.4, -0.2) is 36.8 Å². The molecule has 0 fully saturated rings. The Morgan fingerprint density at radius 3 is 2.35 bits per heavy atom. The number of nitrogens with zero attached hydrogens (tertiary/aromatic N) is 1. The van der Waals surface area contributed by atoms with Gasteiger partial charge in [0.2, 0.25) is 0 Å². The van der Waals surface area contributed by atoms with E-state index in [0.29, 0.717) is 57.1 Å². The monoisotopic (exact) mass is 537 g/mol. The van der Waals surface area contributed by atoms with E-state index < -0.39 is 0 Å². The Labute approximate surface area is 224 Å². The lowest BCUT2D eigenvalue weighted by atomic mass is 10.2. The number of nitrogens with one attached hydrogen (secondary N) is 2. The molecule has 8 nitrogen and oxygen atoms in total. The minimum atomic E-state index is -0.344. The van der Waals surface area contributed by atoms with E-state index in [2.05, 4.69) is 15.6 Å². The van der Waals surface area contributed by atoms with Gasteiger partial charge in [0.25, 0.3) is 5.91 Å². The molecule has 0 aliphatic carbocycles. The minimum Gasteiger partial charge on any atom is -0.494 e. The van der Waals surface area contributed by atoms with Crippen molar-refractivity contribution in [2.45, 2.75) is 6.92 Å². The van der Waals surface area contributed by atoms with Gasteiger partial charge in [0, 0.05) is 28.9 Å². The predicted molar refractivity (Wildman–Crippen MR) is 148 cm³/mol. The topological polar surface area (TPSA) is 90.9 Å². The second-order valence-corrected chi connectivity index (χ2v) is 8.46. The van der Waals surface area contributed by atoms with Gasteiger partial charge in [-0.3, -0.25) is 15.1 Å². The second-order valence-electron chi connectivity index (χ2n) is 7.65. The standard InChI is InChI=1S/C27H24ClN3O5S/c1-4-35-18-8-5-16(6-9-18)26(32)31-27(37)30-17-7-10-23(20(28)13-17)36-22-11-12-29-21-15-25(34-3)24(33-2)14-19(21)22/h5-15H,4H2,1-3H3,(H2,30,31,32,37). The first-order valence-electron chi connectivity index (χ1n) is 11.2. The summed E-state index contributed by atoms with van der Waals surface area (Å²) in [5.74, 6) is 2.45. The number of halogens is 1. The van der Waals surface area contributed by atoms with Crippen LogP contribution in [-0.2, 0) is 0 Å². The molecule has 0 saturated carbocycles. The van der Waals surface area contributed by atoms with E-state index in [1.165, 1.54) is 0 Å². The first-order valence-corrected chi connectivity index (χ1v) is 12.0. The molecule has 0 atom stereocenters. The number of rotatable bonds is 8. The SMILES string of the molecule is CCOc1ccc(C(=O)NC(=S)Nc2ccc(Oc3ccnc4cc(OC)c(OC)cc34)c(Cl)c2)cc1. The maximum absolute atomic E-state index is 12.5. The van der Waals surface area contributed by atoms with Crippen molar-refractivity contribution in [2.24, 2.45) is 0 Å². The molecule has 1 aromatic heterocycles. The molecule has 37 heavy (non-hydrogen) atoms. The average Bonchev–Trinajstić information content (AvgIpc) is 2.90. The summed E-state index contributed by atoms with van der Waals surface area (Å²) >= 11 is 11.8. The van der Waals surface area contributed by atoms with E-state index in [4.69, 9.17) is 42.8 Å². The molecule has 0 radical (unpaired) electrons. The molecule has 3 aromatic carbocycles. The highest BCUT2D eigenvalue weighted by Crippen LogP contribution is 2.38. The van der Waals surface area contributed by atoms with Crippen molar-refractivity contribution in [1.29, 1.82) is 0 Å². The molecule has 0 unspecified atom stereocenters. The smallest absolute Gasteiger partial charge is 0.257 e. The number of carbonyl (C=O) groups is 1. The summed E-state index contributed by atoms with van der Waals surface area (Å²) in [6.07, 6.45) is 1.64. The zero-order valence-corrected chi connectivity index (χ0v) is 21.9. The van der Waals surface area contributed by atoms with Crippen molar-refractivity contribution < 1.29 is 23.7 Å². The number of pyridine rings is 1. The van der Waals surface area contributed by atoms with Crippen LogP contribution in [0.4, 0.5) is 5.69 Å². The first-order chi connectivity index (χ1) is 17.9. The Kier molecular flexibility index (Phi) is 8.27. The summed E-state index contributed by atoms with van der Waals surface area (Å²) in [4.78, 5) is 16.9. The number of ether oxygens (including phenoxy) is 4. The van der Waals surface area contributed by atoms with E-state index in [1.807, 2.05) is 6.92 Å². The maximum atomic E-state index is 12.5. The van der Waals surface area contributed by atoms with Crippen molar-refractivity contribution >= 4 is 51.4 Å². The number of amides is 1. The van der Waals surface area contributed by atoms with Crippen LogP contribution >= 0.6 is 23.8 Å². The van der Waals surface area contributed by atoms with Gasteiger partial charge in [-0.2, -0.15) is 0 Å². The lowest BCUT2D eigenvalue weighted by molar-refractivity contribution is 0.0977. The molecule has 0 aliphatic heterocycles. The molecule has 4 aromatic rings. The van der Waals surface area contributed by atoms with E-state index in [-0.39, 0.29) is 11.0 Å². The number of methoxy groups -OCH3 is 2. The van der Waals surface area contributed by atoms with Gasteiger partial charge in [-0.1, -0.05) is 11.6 Å². The summed E-state index contributed by atoms with van der Waals surface area (Å²) in [6, 6.07) is 17.2. The third-order valence-corrected chi connectivity index (χ3v) is 5.77. The molecular weight excluding hydrogens is 514 g/mol. The van der Waals surface area contributed by atoms with Crippen LogP contribution in [0.15, 0.2) is 66.9 Å². The Bertz CT molecular complexity index is 1450. The maximum Gasteiger partial charge on any atom is 0.257 e. The van der Waals surface area contributed by atoms with E-state index in [9.17, 15) is 4.79 Å². The molecule has 1 amide bonds. The summed E-state index contributed by atoms with van der Waals surface area (Å²) in [5, 5.41) is 6.81. The molecule has 190 valence electrons. The van der Waals surface area contributed by atoms with Crippen molar-refractivity contribution in [3.05, 3.63) is 77.4 Å². The van der Waals surface area contributed by atoms with Gasteiger partial charge >= 0.3 is 0 Å². The number of anilines is 1. The van der Waals surface area contributed by atoms with Crippen LogP contribution in [0.2, 0.25) is 5.02 Å². The fraction of sp³-hybridized carbons (Fsp3) is 0.148. The molecule has 0 spiro atoms. The Morgan fingerprint density at radius 1 is 0.946 bits per heavy atom. The molecule has 1 heterocycles. The van der Waals surface area contributed by atoms with E-state index in [0.717, 1.165) is 5.39 Å². The van der Waals surface area contributed by atoms with Gasteiger partial charge in [0.1, 0.15) is 17.2 Å². The number of hydrogen-bond acceptors (Lipinski definition) is 7. The van der Waals surface area contributed by atoms with E-state index in [1.54, 1.807) is 81.1 Å². The molecule has 4 rings (SSSR count). The summed E-state index contributed by atoms with van der Waals surface area (Å²) in [7, 11) is 3.13. The normalized spacial score (nSPS) is 10.5. The van der Waals surface area contributed by atoms with Crippen LogP contribution in [0, 0.1) is 0 Å². The number of thiocarbonyl (C=S) groups is 1. The minimum absolute atomic E-state index is 0.129. The van der Waals surface area contributed by atoms with Crippen LogP contribution in [0.1, 0.15) is 17.3 Å². The third kappa shape index (κ3) is 6.19. The summed E-state index contributed by atoms with van der Waals surface area (Å²) < 4.78 is 22.2. The zero-order chi connectivity index (χ0) is 26.4. The van der Waals surface area contributed by atoms with Gasteiger partial charge in [-0.25, -0.2) is 0 Å². The van der Waals surface area contributed by atoms with Crippen molar-refractivity contribution in [3.8, 4) is 28.7 Å². The molecule has 10 heteroatoms. The van der Waals surface area contributed by atoms with Crippen LogP contribution in [0.3, 0.4) is 0 Å². The Hall–Kier alpha value is -4.08. The fourth-order valence-corrected chi connectivity index (χ4v) is 3.95. The lowest BCUT2D eigenvalue weighted by Crippen LogP contribution is -2.34. The number of carbonyl (C=O) groups excluding carboxylic acids is 1. The third-order valence-electron chi connectivity index (χ3n) is 5.27. The number of hydrogen-bond donors (Lipinski definition) is 2. The molecule has 0 bridgehead atoms. The number of aromatic nitrogens is 1.